The fraction of sp³-hybridized carbons (Fsp3) is 0.538. The average molecular weight is 243 g/mol. The van der Waals surface area contributed by atoms with E-state index in [0.717, 1.165) is 12.6 Å². The molecule has 1 fully saturated rings. The van der Waals surface area contributed by atoms with Gasteiger partial charge >= 0.3 is 0 Å². The minimum absolute atomic E-state index is 0.0440. The number of nitrogens with one attached hydrogen (secondary N) is 1. The average Bonchev–Trinajstić information content (AvgIpc) is 2.43. The third-order valence-electron chi connectivity index (χ3n) is 3.61. The van der Waals surface area contributed by atoms with Gasteiger partial charge in [-0.25, -0.2) is 5.26 Å². The fourth-order valence-electron chi connectivity index (χ4n) is 2.48. The molecule has 0 aromatic carbocycles. The minimum Gasteiger partial charge on any atom is -0.392 e. The van der Waals surface area contributed by atoms with Gasteiger partial charge < -0.3 is 10.4 Å². The number of hydrogen-bond acceptors (Lipinski definition) is 4. The number of nitriles is 2. The van der Waals surface area contributed by atoms with Crippen LogP contribution in [0.1, 0.15) is 12.8 Å². The first-order valence-electron chi connectivity index (χ1n) is 6.17. The van der Waals surface area contributed by atoms with Crippen molar-refractivity contribution in [2.75, 3.05) is 6.61 Å². The summed E-state index contributed by atoms with van der Waals surface area (Å²) in [6.07, 6.45) is 7.93. The predicted molar refractivity (Wildman–Crippen MR) is 71.6 cm³/mol. The van der Waals surface area contributed by atoms with Crippen LogP contribution in [0.3, 0.4) is 0 Å². The lowest BCUT2D eigenvalue weighted by molar-refractivity contribution is 0.289. The van der Waals surface area contributed by atoms with Gasteiger partial charge in [0.1, 0.15) is 0 Å². The lowest BCUT2D eigenvalue weighted by atomic mass is 9.39. The second-order valence-electron chi connectivity index (χ2n) is 4.63. The van der Waals surface area contributed by atoms with Gasteiger partial charge in [0.15, 0.2) is 0 Å². The van der Waals surface area contributed by atoms with Crippen LogP contribution in [0.15, 0.2) is 24.9 Å². The Morgan fingerprint density at radius 2 is 2.11 bits per heavy atom. The van der Waals surface area contributed by atoms with Crippen LogP contribution in [0.2, 0.25) is 12.6 Å². The van der Waals surface area contributed by atoms with Crippen molar-refractivity contribution in [3.8, 4) is 12.0 Å². The van der Waals surface area contributed by atoms with Gasteiger partial charge in [0.25, 0.3) is 6.71 Å². The van der Waals surface area contributed by atoms with Gasteiger partial charge in [-0.2, -0.15) is 5.26 Å². The van der Waals surface area contributed by atoms with Gasteiger partial charge in [-0.05, 0) is 19.0 Å². The summed E-state index contributed by atoms with van der Waals surface area (Å²) in [6.45, 7) is 3.65. The third-order valence-corrected chi connectivity index (χ3v) is 3.61. The molecule has 0 saturated carbocycles. The lowest BCUT2D eigenvalue weighted by Crippen LogP contribution is -2.44. The molecule has 0 spiro atoms. The summed E-state index contributed by atoms with van der Waals surface area (Å²) in [7, 11) is 0. The summed E-state index contributed by atoms with van der Waals surface area (Å²) in [6, 6.07) is 2.24. The molecule has 0 radical (unpaired) electrons. The maximum atomic E-state index is 9.49. The molecule has 0 aromatic rings. The molecule has 18 heavy (non-hydrogen) atoms. The first-order chi connectivity index (χ1) is 8.72. The highest BCUT2D eigenvalue weighted by atomic mass is 16.2. The van der Waals surface area contributed by atoms with Crippen LogP contribution in [-0.4, -0.2) is 24.5 Å². The Kier molecular flexibility index (Phi) is 5.49. The van der Waals surface area contributed by atoms with Crippen LogP contribution in [0.5, 0.6) is 0 Å². The molecule has 1 atom stereocenters. The number of aliphatic hydroxyl groups is 1. The lowest BCUT2D eigenvalue weighted by Gasteiger charge is -2.37. The Bertz CT molecular complexity index is 386. The molecule has 1 heterocycles. The quantitative estimate of drug-likeness (QED) is 0.566. The van der Waals surface area contributed by atoms with Crippen molar-refractivity contribution in [1.82, 2.24) is 5.32 Å². The fourth-order valence-corrected chi connectivity index (χ4v) is 2.48. The first-order valence-corrected chi connectivity index (χ1v) is 6.17. The van der Waals surface area contributed by atoms with Crippen molar-refractivity contribution in [3.05, 3.63) is 24.9 Å². The predicted octanol–water partition coefficient (Wildman–Crippen LogP) is 1.50. The highest BCUT2D eigenvalue weighted by Gasteiger charge is 2.42. The second-order valence-corrected chi connectivity index (χ2v) is 4.63. The maximum absolute atomic E-state index is 9.49. The number of hydrogen-bond donors (Lipinski definition) is 2. The number of rotatable bonds is 5. The van der Waals surface area contributed by atoms with Crippen LogP contribution < -0.4 is 5.32 Å². The molecule has 0 aliphatic carbocycles. The Hall–Kier alpha value is -1.72. The summed E-state index contributed by atoms with van der Waals surface area (Å²) in [5, 5.41) is 30.3. The molecule has 5 heteroatoms. The van der Waals surface area contributed by atoms with Crippen LogP contribution in [-0.2, 0) is 0 Å². The summed E-state index contributed by atoms with van der Waals surface area (Å²) in [5.41, 5.74) is -0.507. The van der Waals surface area contributed by atoms with Gasteiger partial charge in [0, 0.05) is 5.97 Å². The summed E-state index contributed by atoms with van der Waals surface area (Å²) < 4.78 is 0. The van der Waals surface area contributed by atoms with E-state index in [0.29, 0.717) is 12.8 Å². The zero-order valence-corrected chi connectivity index (χ0v) is 10.5. The largest absolute Gasteiger partial charge is 0.392 e. The topological polar surface area (TPSA) is 79.8 Å². The second kappa shape index (κ2) is 6.88. The van der Waals surface area contributed by atoms with Crippen molar-refractivity contribution >= 4 is 6.71 Å². The smallest absolute Gasteiger partial charge is 0.267 e. The third kappa shape index (κ3) is 3.15. The van der Waals surface area contributed by atoms with Crippen molar-refractivity contribution < 1.29 is 5.11 Å². The molecule has 1 aliphatic heterocycles. The molecular formula is C13H18BN3O. The number of nitrogens with zero attached hydrogens (tertiary/aromatic N) is 2. The zero-order valence-electron chi connectivity index (χ0n) is 10.5. The molecule has 0 amide bonds. The molecule has 1 unspecified atom stereocenters. The molecule has 0 aromatic heterocycles. The van der Waals surface area contributed by atoms with Crippen LogP contribution >= 0.6 is 0 Å². The van der Waals surface area contributed by atoms with Crippen LogP contribution in [0.4, 0.5) is 0 Å². The minimum atomic E-state index is -0.507. The first kappa shape index (κ1) is 14.3. The van der Waals surface area contributed by atoms with Crippen molar-refractivity contribution in [3.63, 3.8) is 0 Å². The van der Waals surface area contributed by atoms with E-state index in [9.17, 15) is 5.26 Å². The van der Waals surface area contributed by atoms with Gasteiger partial charge in [-0.15, -0.1) is 0 Å². The molecule has 0 bridgehead atoms. The van der Waals surface area contributed by atoms with Gasteiger partial charge in [-0.1, -0.05) is 31.4 Å². The Labute approximate surface area is 109 Å². The Morgan fingerprint density at radius 1 is 1.44 bits per heavy atom. The normalized spacial score (nSPS) is 19.8. The molecule has 1 saturated heterocycles. The van der Waals surface area contributed by atoms with E-state index < -0.39 is 5.41 Å². The highest BCUT2D eigenvalue weighted by Crippen LogP contribution is 2.39. The van der Waals surface area contributed by atoms with E-state index >= 15 is 0 Å². The van der Waals surface area contributed by atoms with E-state index in [4.69, 9.17) is 10.4 Å². The van der Waals surface area contributed by atoms with E-state index in [1.807, 2.05) is 6.08 Å². The van der Waals surface area contributed by atoms with Crippen molar-refractivity contribution in [2.45, 2.75) is 31.5 Å². The van der Waals surface area contributed by atoms with Gasteiger partial charge in [-0.3, -0.25) is 0 Å². The summed E-state index contributed by atoms with van der Waals surface area (Å²) >= 11 is 0. The van der Waals surface area contributed by atoms with E-state index in [1.165, 1.54) is 0 Å². The molecule has 1 aliphatic rings. The maximum Gasteiger partial charge on any atom is 0.267 e. The van der Waals surface area contributed by atoms with E-state index in [-0.39, 0.29) is 19.4 Å². The zero-order chi connectivity index (χ0) is 13.4. The summed E-state index contributed by atoms with van der Waals surface area (Å²) in [4.78, 5) is 0. The Balaban J connectivity index is 2.85. The van der Waals surface area contributed by atoms with Gasteiger partial charge in [0.2, 0.25) is 0 Å². The van der Waals surface area contributed by atoms with Crippen LogP contribution in [0.25, 0.3) is 0 Å². The van der Waals surface area contributed by atoms with Crippen LogP contribution in [0, 0.1) is 28.0 Å². The monoisotopic (exact) mass is 243 g/mol. The SMILES string of the molecule is C=CNC(/C=C/CO)C1(C#N)CCB(C#N)CC1. The van der Waals surface area contributed by atoms with Crippen molar-refractivity contribution in [1.29, 1.82) is 10.5 Å². The number of aliphatic hydroxyl groups excluding tert-OH is 1. The van der Waals surface area contributed by atoms with E-state index in [1.54, 1.807) is 12.3 Å². The molecule has 2 N–H and O–H groups in total. The molecule has 94 valence electrons. The van der Waals surface area contributed by atoms with E-state index in [2.05, 4.69) is 23.9 Å². The standard InChI is InChI=1S/C13H18BN3O/c1-2-17-12(4-3-9-18)13(10-15)5-7-14(11-16)8-6-13/h2-4,12,17-18H,1,5-9H2/b4-3+. The summed E-state index contributed by atoms with van der Waals surface area (Å²) in [5.74, 6) is 2.27. The Morgan fingerprint density at radius 3 is 2.56 bits per heavy atom. The van der Waals surface area contributed by atoms with Gasteiger partial charge in [0.05, 0.1) is 24.1 Å². The molecule has 1 rings (SSSR count). The highest BCUT2D eigenvalue weighted by molar-refractivity contribution is 6.67. The van der Waals surface area contributed by atoms with Crippen molar-refractivity contribution in [2.24, 2.45) is 5.41 Å². The molecule has 4 nitrogen and oxygen atoms in total. The molecular weight excluding hydrogens is 225 g/mol.